The normalized spacial score (nSPS) is 17.2. The summed E-state index contributed by atoms with van der Waals surface area (Å²) < 4.78 is 5.34. The van der Waals surface area contributed by atoms with Gasteiger partial charge in [0.2, 0.25) is 0 Å². The maximum atomic E-state index is 5.34. The number of nitrogens with zero attached hydrogens (tertiary/aromatic N) is 1. The Labute approximate surface area is 114 Å². The monoisotopic (exact) mass is 268 g/mol. The number of unbranched alkanes of at least 4 members (excludes halogenated alkanes) is 1. The van der Waals surface area contributed by atoms with Crippen molar-refractivity contribution in [3.8, 4) is 0 Å². The lowest BCUT2D eigenvalue weighted by Gasteiger charge is -2.26. The van der Waals surface area contributed by atoms with Crippen LogP contribution in [-0.2, 0) is 11.3 Å². The molecule has 0 aromatic carbocycles. The van der Waals surface area contributed by atoms with Gasteiger partial charge in [-0.25, -0.2) is 0 Å². The van der Waals surface area contributed by atoms with Crippen LogP contribution < -0.4 is 5.32 Å². The molecule has 18 heavy (non-hydrogen) atoms. The highest BCUT2D eigenvalue weighted by molar-refractivity contribution is 7.10. The van der Waals surface area contributed by atoms with Gasteiger partial charge in [-0.3, -0.25) is 4.90 Å². The molecule has 0 saturated carbocycles. The summed E-state index contributed by atoms with van der Waals surface area (Å²) in [5.74, 6) is 0. The molecule has 1 aliphatic heterocycles. The molecule has 1 aromatic heterocycles. The number of rotatable bonds is 7. The van der Waals surface area contributed by atoms with Crippen molar-refractivity contribution >= 4 is 11.3 Å². The van der Waals surface area contributed by atoms with Crippen LogP contribution in [0.5, 0.6) is 0 Å². The zero-order chi connectivity index (χ0) is 12.6. The summed E-state index contributed by atoms with van der Waals surface area (Å²) in [5.41, 5.74) is 1.42. The van der Waals surface area contributed by atoms with E-state index in [-0.39, 0.29) is 0 Å². The third-order valence-electron chi connectivity index (χ3n) is 3.44. The Balaban J connectivity index is 1.47. The fraction of sp³-hybridized carbons (Fsp3) is 0.714. The van der Waals surface area contributed by atoms with E-state index in [9.17, 15) is 0 Å². The second kappa shape index (κ2) is 7.89. The molecule has 0 radical (unpaired) electrons. The minimum absolute atomic E-state index is 0.913. The van der Waals surface area contributed by atoms with Crippen LogP contribution >= 0.6 is 11.3 Å². The van der Waals surface area contributed by atoms with E-state index < -0.39 is 0 Å². The van der Waals surface area contributed by atoms with Gasteiger partial charge in [0.25, 0.3) is 0 Å². The van der Waals surface area contributed by atoms with Crippen LogP contribution in [-0.4, -0.2) is 44.3 Å². The van der Waals surface area contributed by atoms with Gasteiger partial charge in [-0.2, -0.15) is 0 Å². The van der Waals surface area contributed by atoms with Gasteiger partial charge >= 0.3 is 0 Å². The average Bonchev–Trinajstić information content (AvgIpc) is 2.81. The van der Waals surface area contributed by atoms with Gasteiger partial charge in [0.05, 0.1) is 13.2 Å². The third kappa shape index (κ3) is 4.69. The van der Waals surface area contributed by atoms with Gasteiger partial charge in [-0.15, -0.1) is 11.3 Å². The van der Waals surface area contributed by atoms with Crippen LogP contribution in [0, 0.1) is 6.92 Å². The topological polar surface area (TPSA) is 24.5 Å². The molecule has 102 valence electrons. The summed E-state index contributed by atoms with van der Waals surface area (Å²) in [6.45, 7) is 9.62. The van der Waals surface area contributed by atoms with Crippen LogP contribution in [0.4, 0.5) is 0 Å². The van der Waals surface area contributed by atoms with Crippen molar-refractivity contribution < 1.29 is 4.74 Å². The van der Waals surface area contributed by atoms with E-state index in [0.717, 1.165) is 39.4 Å². The summed E-state index contributed by atoms with van der Waals surface area (Å²) in [6.07, 6.45) is 2.55. The second-order valence-electron chi connectivity index (χ2n) is 4.86. The fourth-order valence-corrected chi connectivity index (χ4v) is 3.07. The van der Waals surface area contributed by atoms with E-state index in [4.69, 9.17) is 4.74 Å². The number of hydrogen-bond acceptors (Lipinski definition) is 4. The molecule has 0 spiro atoms. The van der Waals surface area contributed by atoms with Crippen LogP contribution in [0.15, 0.2) is 11.4 Å². The highest BCUT2D eigenvalue weighted by atomic mass is 32.1. The SMILES string of the molecule is Cc1ccsc1CNCCCCN1CCOCC1. The maximum absolute atomic E-state index is 5.34. The van der Waals surface area contributed by atoms with E-state index in [1.54, 1.807) is 0 Å². The number of morpholine rings is 1. The molecule has 1 aliphatic rings. The lowest BCUT2D eigenvalue weighted by atomic mass is 10.2. The van der Waals surface area contributed by atoms with Crippen LogP contribution in [0.2, 0.25) is 0 Å². The molecule has 3 nitrogen and oxygen atoms in total. The van der Waals surface area contributed by atoms with Crippen molar-refractivity contribution in [1.82, 2.24) is 10.2 Å². The van der Waals surface area contributed by atoms with Crippen molar-refractivity contribution in [2.24, 2.45) is 0 Å². The summed E-state index contributed by atoms with van der Waals surface area (Å²) in [5, 5.41) is 5.70. The Hall–Kier alpha value is -0.420. The highest BCUT2D eigenvalue weighted by Crippen LogP contribution is 2.14. The molecule has 0 amide bonds. The van der Waals surface area contributed by atoms with E-state index in [0.29, 0.717) is 0 Å². The Morgan fingerprint density at radius 1 is 1.33 bits per heavy atom. The van der Waals surface area contributed by atoms with Crippen molar-refractivity contribution in [3.05, 3.63) is 21.9 Å². The lowest BCUT2D eigenvalue weighted by molar-refractivity contribution is 0.0372. The summed E-state index contributed by atoms with van der Waals surface area (Å²) in [7, 11) is 0. The largest absolute Gasteiger partial charge is 0.379 e. The Morgan fingerprint density at radius 2 is 2.17 bits per heavy atom. The molecule has 1 N–H and O–H groups in total. The zero-order valence-electron chi connectivity index (χ0n) is 11.3. The molecule has 4 heteroatoms. The number of thiophene rings is 1. The van der Waals surface area contributed by atoms with Crippen molar-refractivity contribution in [3.63, 3.8) is 0 Å². The quantitative estimate of drug-likeness (QED) is 0.768. The zero-order valence-corrected chi connectivity index (χ0v) is 12.1. The first-order chi connectivity index (χ1) is 8.86. The number of aryl methyl sites for hydroxylation is 1. The standard InChI is InChI=1S/C14H24N2OS/c1-13-4-11-18-14(13)12-15-5-2-3-6-16-7-9-17-10-8-16/h4,11,15H,2-3,5-10,12H2,1H3. The molecule has 2 rings (SSSR count). The molecule has 0 unspecified atom stereocenters. The fourth-order valence-electron chi connectivity index (χ4n) is 2.20. The predicted molar refractivity (Wildman–Crippen MR) is 77.3 cm³/mol. The third-order valence-corrected chi connectivity index (χ3v) is 4.46. The molecule has 0 aliphatic carbocycles. The van der Waals surface area contributed by atoms with E-state index >= 15 is 0 Å². The Kier molecular flexibility index (Phi) is 6.14. The highest BCUT2D eigenvalue weighted by Gasteiger charge is 2.08. The van der Waals surface area contributed by atoms with Gasteiger partial charge in [0.15, 0.2) is 0 Å². The molecule has 1 fully saturated rings. The molecular weight excluding hydrogens is 244 g/mol. The smallest absolute Gasteiger partial charge is 0.0594 e. The van der Waals surface area contributed by atoms with Crippen molar-refractivity contribution in [2.45, 2.75) is 26.3 Å². The Morgan fingerprint density at radius 3 is 2.89 bits per heavy atom. The van der Waals surface area contributed by atoms with E-state index in [1.165, 1.54) is 29.8 Å². The van der Waals surface area contributed by atoms with Crippen LogP contribution in [0.25, 0.3) is 0 Å². The molecule has 2 heterocycles. The van der Waals surface area contributed by atoms with Gasteiger partial charge < -0.3 is 10.1 Å². The minimum atomic E-state index is 0.913. The minimum Gasteiger partial charge on any atom is -0.379 e. The van der Waals surface area contributed by atoms with Gasteiger partial charge in [0.1, 0.15) is 0 Å². The predicted octanol–water partition coefficient (Wildman–Crippen LogP) is 2.26. The number of hydrogen-bond donors (Lipinski definition) is 1. The number of nitrogens with one attached hydrogen (secondary N) is 1. The summed E-state index contributed by atoms with van der Waals surface area (Å²) >= 11 is 1.85. The maximum Gasteiger partial charge on any atom is 0.0594 e. The molecular formula is C14H24N2OS. The first kappa shape index (κ1) is 14.0. The molecule has 1 aromatic rings. The Bertz CT molecular complexity index is 334. The van der Waals surface area contributed by atoms with Gasteiger partial charge in [0, 0.05) is 24.5 Å². The lowest BCUT2D eigenvalue weighted by Crippen LogP contribution is -2.37. The van der Waals surface area contributed by atoms with E-state index in [2.05, 4.69) is 28.6 Å². The molecule has 0 bridgehead atoms. The van der Waals surface area contributed by atoms with Crippen molar-refractivity contribution in [1.29, 1.82) is 0 Å². The number of ether oxygens (including phenoxy) is 1. The summed E-state index contributed by atoms with van der Waals surface area (Å²) in [6, 6.07) is 2.19. The first-order valence-electron chi connectivity index (χ1n) is 6.90. The van der Waals surface area contributed by atoms with E-state index in [1.807, 2.05) is 11.3 Å². The van der Waals surface area contributed by atoms with Gasteiger partial charge in [-0.05, 0) is 49.9 Å². The molecule has 0 atom stereocenters. The average molecular weight is 268 g/mol. The second-order valence-corrected chi connectivity index (χ2v) is 5.87. The molecule has 1 saturated heterocycles. The van der Waals surface area contributed by atoms with Crippen LogP contribution in [0.3, 0.4) is 0 Å². The first-order valence-corrected chi connectivity index (χ1v) is 7.78. The van der Waals surface area contributed by atoms with Gasteiger partial charge in [-0.1, -0.05) is 0 Å². The van der Waals surface area contributed by atoms with Crippen molar-refractivity contribution in [2.75, 3.05) is 39.4 Å². The summed E-state index contributed by atoms with van der Waals surface area (Å²) in [4.78, 5) is 3.98. The van der Waals surface area contributed by atoms with Crippen LogP contribution in [0.1, 0.15) is 23.3 Å².